The van der Waals surface area contributed by atoms with Gasteiger partial charge < -0.3 is 0 Å². The molecule has 0 aliphatic heterocycles. The lowest BCUT2D eigenvalue weighted by molar-refractivity contribution is 0.0281. The van der Waals surface area contributed by atoms with Gasteiger partial charge in [0.15, 0.2) is 5.50 Å². The summed E-state index contributed by atoms with van der Waals surface area (Å²) in [6.07, 6.45) is -6.04. The van der Waals surface area contributed by atoms with Crippen molar-refractivity contribution in [3.05, 3.63) is 0 Å². The Morgan fingerprint density at radius 2 is 1.38 bits per heavy atom. The lowest BCUT2D eigenvalue weighted by Gasteiger charge is -2.04. The van der Waals surface area contributed by atoms with Gasteiger partial charge in [0.2, 0.25) is 6.17 Å². The van der Waals surface area contributed by atoms with E-state index in [9.17, 15) is 17.6 Å². The highest BCUT2D eigenvalue weighted by Gasteiger charge is 2.26. The van der Waals surface area contributed by atoms with E-state index in [1.807, 2.05) is 0 Å². The molecule has 0 spiro atoms. The van der Waals surface area contributed by atoms with E-state index < -0.39 is 18.1 Å². The number of halogens is 4. The van der Waals surface area contributed by atoms with Crippen molar-refractivity contribution in [2.75, 3.05) is 0 Å². The monoisotopic (exact) mass is 148 g/mol. The van der Waals surface area contributed by atoms with Crippen LogP contribution >= 0.6 is 12.6 Å². The first-order valence-corrected chi connectivity index (χ1v) is 2.31. The summed E-state index contributed by atoms with van der Waals surface area (Å²) >= 11 is 2.81. The molecule has 50 valence electrons. The molecule has 5 heteroatoms. The van der Waals surface area contributed by atoms with E-state index in [1.54, 1.807) is 0 Å². The summed E-state index contributed by atoms with van der Waals surface area (Å²) in [6, 6.07) is 0. The first-order chi connectivity index (χ1) is 3.55. The SMILES string of the molecule is FC(F)C(F)C(F)S. The van der Waals surface area contributed by atoms with E-state index in [0.717, 1.165) is 0 Å². The lowest BCUT2D eigenvalue weighted by atomic mass is 10.4. The topological polar surface area (TPSA) is 0 Å². The van der Waals surface area contributed by atoms with Gasteiger partial charge in [-0.2, -0.15) is 0 Å². The second-order valence-corrected chi connectivity index (χ2v) is 1.64. The maximum Gasteiger partial charge on any atom is 0.273 e. The van der Waals surface area contributed by atoms with Crippen LogP contribution in [0.2, 0.25) is 0 Å². The van der Waals surface area contributed by atoms with Gasteiger partial charge in [-0.25, -0.2) is 17.6 Å². The third kappa shape index (κ3) is 2.40. The highest BCUT2D eigenvalue weighted by atomic mass is 32.1. The van der Waals surface area contributed by atoms with Crippen LogP contribution in [0.1, 0.15) is 0 Å². The molecule has 0 aliphatic rings. The molecule has 0 radical (unpaired) electrons. The van der Waals surface area contributed by atoms with Gasteiger partial charge in [-0.3, -0.25) is 0 Å². The Kier molecular flexibility index (Phi) is 3.19. The van der Waals surface area contributed by atoms with Gasteiger partial charge in [0.05, 0.1) is 0 Å². The summed E-state index contributed by atoms with van der Waals surface area (Å²) in [6.45, 7) is 0. The minimum atomic E-state index is -3.28. The zero-order valence-electron chi connectivity index (χ0n) is 3.69. The average molecular weight is 148 g/mol. The molecule has 0 rings (SSSR count). The average Bonchev–Trinajstić information content (AvgIpc) is 1.64. The van der Waals surface area contributed by atoms with E-state index in [-0.39, 0.29) is 0 Å². The van der Waals surface area contributed by atoms with Crippen LogP contribution in [0.5, 0.6) is 0 Å². The second-order valence-electron chi connectivity index (χ2n) is 1.15. The molecule has 0 fully saturated rings. The summed E-state index contributed by atoms with van der Waals surface area (Å²) in [5.41, 5.74) is -2.38. The highest BCUT2D eigenvalue weighted by Crippen LogP contribution is 2.14. The summed E-state index contributed by atoms with van der Waals surface area (Å²) in [5.74, 6) is 0. The smallest absolute Gasteiger partial charge is 0.237 e. The van der Waals surface area contributed by atoms with Crippen molar-refractivity contribution in [2.24, 2.45) is 0 Å². The molecule has 0 aromatic carbocycles. The molecular weight excluding hydrogens is 144 g/mol. The molecule has 0 saturated heterocycles. The fourth-order valence-corrected chi connectivity index (χ4v) is 0.250. The first-order valence-electron chi connectivity index (χ1n) is 1.80. The minimum absolute atomic E-state index is 2.38. The van der Waals surface area contributed by atoms with E-state index >= 15 is 0 Å². The van der Waals surface area contributed by atoms with Crippen LogP contribution in [0, 0.1) is 0 Å². The third-order valence-corrected chi connectivity index (χ3v) is 0.788. The Morgan fingerprint density at radius 1 is 1.00 bits per heavy atom. The molecule has 2 atom stereocenters. The van der Waals surface area contributed by atoms with Crippen molar-refractivity contribution in [3.8, 4) is 0 Å². The summed E-state index contributed by atoms with van der Waals surface area (Å²) in [5, 5.41) is 0. The second kappa shape index (κ2) is 3.17. The molecule has 0 bridgehead atoms. The van der Waals surface area contributed by atoms with Gasteiger partial charge >= 0.3 is 0 Å². The predicted molar refractivity (Wildman–Crippen MR) is 24.8 cm³/mol. The zero-order valence-corrected chi connectivity index (χ0v) is 4.59. The normalized spacial score (nSPS) is 18.8. The Morgan fingerprint density at radius 3 is 1.38 bits per heavy atom. The van der Waals surface area contributed by atoms with E-state index in [0.29, 0.717) is 0 Å². The van der Waals surface area contributed by atoms with Gasteiger partial charge in [-0.05, 0) is 0 Å². The Bertz CT molecular complexity index is 56.3. The fourth-order valence-electron chi connectivity index (χ4n) is 0.120. The number of alkyl halides is 4. The Labute approximate surface area is 49.3 Å². The number of hydrogen-bond acceptors (Lipinski definition) is 1. The van der Waals surface area contributed by atoms with Gasteiger partial charge in [-0.1, -0.05) is 0 Å². The molecule has 0 amide bonds. The van der Waals surface area contributed by atoms with Crippen molar-refractivity contribution in [3.63, 3.8) is 0 Å². The number of rotatable bonds is 2. The number of thiol groups is 1. The van der Waals surface area contributed by atoms with Crippen LogP contribution in [0.4, 0.5) is 17.6 Å². The molecule has 0 N–H and O–H groups in total. The first kappa shape index (κ1) is 8.07. The molecule has 0 aromatic rings. The van der Waals surface area contributed by atoms with E-state index in [2.05, 4.69) is 12.6 Å². The molecule has 2 unspecified atom stereocenters. The molecule has 0 nitrogen and oxygen atoms in total. The van der Waals surface area contributed by atoms with Crippen molar-refractivity contribution in [1.82, 2.24) is 0 Å². The molecular formula is C3H4F4S. The summed E-state index contributed by atoms with van der Waals surface area (Å²) in [4.78, 5) is 0. The lowest BCUT2D eigenvalue weighted by Crippen LogP contribution is -2.20. The van der Waals surface area contributed by atoms with Gasteiger partial charge in [0, 0.05) is 0 Å². The molecule has 0 aliphatic carbocycles. The van der Waals surface area contributed by atoms with Crippen molar-refractivity contribution < 1.29 is 17.6 Å². The van der Waals surface area contributed by atoms with Crippen molar-refractivity contribution in [2.45, 2.75) is 18.1 Å². The van der Waals surface area contributed by atoms with Crippen LogP contribution in [0.3, 0.4) is 0 Å². The largest absolute Gasteiger partial charge is 0.273 e. The van der Waals surface area contributed by atoms with Crippen LogP contribution in [0.25, 0.3) is 0 Å². The number of hydrogen-bond donors (Lipinski definition) is 1. The van der Waals surface area contributed by atoms with Crippen LogP contribution < -0.4 is 0 Å². The van der Waals surface area contributed by atoms with Gasteiger partial charge in [-0.15, -0.1) is 12.6 Å². The van der Waals surface area contributed by atoms with E-state index in [4.69, 9.17) is 0 Å². The molecule has 0 aromatic heterocycles. The summed E-state index contributed by atoms with van der Waals surface area (Å²) in [7, 11) is 0. The summed E-state index contributed by atoms with van der Waals surface area (Å²) < 4.78 is 44.8. The van der Waals surface area contributed by atoms with Crippen molar-refractivity contribution in [1.29, 1.82) is 0 Å². The third-order valence-electron chi connectivity index (χ3n) is 0.503. The fraction of sp³-hybridized carbons (Fsp3) is 1.00. The van der Waals surface area contributed by atoms with Gasteiger partial charge in [0.25, 0.3) is 6.43 Å². The standard InChI is InChI=1S/C3H4F4S/c4-1(2(5)6)3(7)8/h1-3,8H. The molecule has 0 heterocycles. The van der Waals surface area contributed by atoms with Crippen LogP contribution in [-0.2, 0) is 0 Å². The quantitative estimate of drug-likeness (QED) is 0.448. The van der Waals surface area contributed by atoms with Crippen LogP contribution in [-0.4, -0.2) is 18.1 Å². The van der Waals surface area contributed by atoms with Crippen molar-refractivity contribution >= 4 is 12.6 Å². The predicted octanol–water partition coefficient (Wildman–Crippen LogP) is 1.81. The van der Waals surface area contributed by atoms with Gasteiger partial charge in [0.1, 0.15) is 0 Å². The molecule has 0 saturated carbocycles. The zero-order chi connectivity index (χ0) is 6.73. The Hall–Kier alpha value is 0.0700. The maximum absolute atomic E-state index is 11.4. The van der Waals surface area contributed by atoms with E-state index in [1.165, 1.54) is 0 Å². The minimum Gasteiger partial charge on any atom is -0.237 e. The van der Waals surface area contributed by atoms with Crippen LogP contribution in [0.15, 0.2) is 0 Å². The Balaban J connectivity index is 3.46. The highest BCUT2D eigenvalue weighted by molar-refractivity contribution is 7.80. The maximum atomic E-state index is 11.4. The molecule has 8 heavy (non-hydrogen) atoms.